The summed E-state index contributed by atoms with van der Waals surface area (Å²) in [4.78, 5) is 4.24. The van der Waals surface area contributed by atoms with Crippen LogP contribution in [0.3, 0.4) is 0 Å². The van der Waals surface area contributed by atoms with Gasteiger partial charge in [-0.05, 0) is 24.1 Å². The molecular weight excluding hydrogens is 312 g/mol. The second kappa shape index (κ2) is 7.45. The average Bonchev–Trinajstić information content (AvgIpc) is 2.60. The summed E-state index contributed by atoms with van der Waals surface area (Å²) in [5.74, 6) is -1.10. The van der Waals surface area contributed by atoms with E-state index in [0.29, 0.717) is 18.1 Å². The number of hydrogen-bond acceptors (Lipinski definition) is 5. The van der Waals surface area contributed by atoms with Gasteiger partial charge in [-0.3, -0.25) is 0 Å². The van der Waals surface area contributed by atoms with Gasteiger partial charge in [0.2, 0.25) is 5.95 Å². The molecule has 0 saturated carbocycles. The van der Waals surface area contributed by atoms with Gasteiger partial charge < -0.3 is 10.6 Å². The molecule has 5 nitrogen and oxygen atoms in total. The molecule has 0 fully saturated rings. The Kier molecular flexibility index (Phi) is 4.90. The molecule has 0 aliphatic rings. The number of halogens is 2. The van der Waals surface area contributed by atoms with E-state index in [0.717, 1.165) is 18.6 Å². The van der Waals surface area contributed by atoms with E-state index in [-0.39, 0.29) is 5.95 Å². The van der Waals surface area contributed by atoms with Crippen molar-refractivity contribution in [1.29, 1.82) is 0 Å². The molecule has 3 aromatic rings. The fourth-order valence-corrected chi connectivity index (χ4v) is 2.12. The van der Waals surface area contributed by atoms with E-state index in [2.05, 4.69) is 37.9 Å². The fraction of sp³-hybridized carbons (Fsp3) is 0.118. The second-order valence-corrected chi connectivity index (χ2v) is 5.08. The summed E-state index contributed by atoms with van der Waals surface area (Å²) in [5.41, 5.74) is 1.56. The molecule has 0 amide bonds. The quantitative estimate of drug-likeness (QED) is 0.725. The van der Waals surface area contributed by atoms with Crippen LogP contribution in [0.15, 0.2) is 54.7 Å². The number of nitrogens with one attached hydrogen (secondary N) is 2. The zero-order valence-corrected chi connectivity index (χ0v) is 12.7. The maximum atomic E-state index is 13.2. The molecule has 122 valence electrons. The number of rotatable bonds is 6. The van der Waals surface area contributed by atoms with E-state index < -0.39 is 11.6 Å². The maximum absolute atomic E-state index is 13.2. The number of benzene rings is 2. The third-order valence-electron chi connectivity index (χ3n) is 3.30. The van der Waals surface area contributed by atoms with Crippen LogP contribution in [0.1, 0.15) is 5.56 Å². The molecule has 2 N–H and O–H groups in total. The van der Waals surface area contributed by atoms with Crippen LogP contribution >= 0.6 is 0 Å². The second-order valence-electron chi connectivity index (χ2n) is 5.08. The number of aromatic nitrogens is 3. The molecule has 0 spiro atoms. The van der Waals surface area contributed by atoms with Gasteiger partial charge in [-0.2, -0.15) is 10.1 Å². The van der Waals surface area contributed by atoms with Crippen molar-refractivity contribution < 1.29 is 8.78 Å². The molecular formula is C17H15F2N5. The monoisotopic (exact) mass is 327 g/mol. The molecule has 1 aromatic heterocycles. The van der Waals surface area contributed by atoms with Gasteiger partial charge in [0.15, 0.2) is 17.5 Å². The Hall–Kier alpha value is -3.09. The SMILES string of the molecule is Fc1ccc(Nc2nncc(NCCc3ccccc3)n2)cc1F. The van der Waals surface area contributed by atoms with Crippen LogP contribution in [0.5, 0.6) is 0 Å². The van der Waals surface area contributed by atoms with Crippen molar-refractivity contribution in [3.8, 4) is 0 Å². The van der Waals surface area contributed by atoms with E-state index in [9.17, 15) is 8.78 Å². The summed E-state index contributed by atoms with van der Waals surface area (Å²) >= 11 is 0. The highest BCUT2D eigenvalue weighted by Gasteiger charge is 2.05. The number of hydrogen-bond donors (Lipinski definition) is 2. The highest BCUT2D eigenvalue weighted by molar-refractivity contribution is 5.54. The lowest BCUT2D eigenvalue weighted by Crippen LogP contribution is -2.08. The third-order valence-corrected chi connectivity index (χ3v) is 3.30. The summed E-state index contributed by atoms with van der Waals surface area (Å²) in [7, 11) is 0. The zero-order chi connectivity index (χ0) is 16.8. The largest absolute Gasteiger partial charge is 0.368 e. The van der Waals surface area contributed by atoms with Crippen molar-refractivity contribution in [2.24, 2.45) is 0 Å². The molecule has 1 heterocycles. The van der Waals surface area contributed by atoms with Crippen molar-refractivity contribution >= 4 is 17.5 Å². The molecule has 0 aliphatic heterocycles. The van der Waals surface area contributed by atoms with Gasteiger partial charge in [0.1, 0.15) is 0 Å². The predicted molar refractivity (Wildman–Crippen MR) is 88.1 cm³/mol. The topological polar surface area (TPSA) is 62.7 Å². The van der Waals surface area contributed by atoms with Crippen LogP contribution < -0.4 is 10.6 Å². The lowest BCUT2D eigenvalue weighted by molar-refractivity contribution is 0.509. The van der Waals surface area contributed by atoms with E-state index in [1.807, 2.05) is 18.2 Å². The molecule has 0 saturated heterocycles. The van der Waals surface area contributed by atoms with Gasteiger partial charge >= 0.3 is 0 Å². The summed E-state index contributed by atoms with van der Waals surface area (Å²) in [6.45, 7) is 0.688. The highest BCUT2D eigenvalue weighted by atomic mass is 19.2. The van der Waals surface area contributed by atoms with Gasteiger partial charge in [0.25, 0.3) is 0 Å². The molecule has 0 radical (unpaired) electrons. The molecule has 0 aliphatic carbocycles. The first-order valence-corrected chi connectivity index (χ1v) is 7.40. The van der Waals surface area contributed by atoms with Crippen LogP contribution in [0.4, 0.5) is 26.2 Å². The van der Waals surface area contributed by atoms with Gasteiger partial charge in [-0.25, -0.2) is 8.78 Å². The molecule has 0 bridgehead atoms. The maximum Gasteiger partial charge on any atom is 0.249 e. The fourth-order valence-electron chi connectivity index (χ4n) is 2.12. The standard InChI is InChI=1S/C17H15F2N5/c18-14-7-6-13(10-15(14)19)22-17-23-16(11-21-24-17)20-9-8-12-4-2-1-3-5-12/h1-7,10-11H,8-9H2,(H2,20,22,23,24). The van der Waals surface area contributed by atoms with E-state index in [4.69, 9.17) is 0 Å². The summed E-state index contributed by atoms with van der Waals surface area (Å²) in [6, 6.07) is 13.5. The van der Waals surface area contributed by atoms with Crippen molar-refractivity contribution in [3.63, 3.8) is 0 Å². The highest BCUT2D eigenvalue weighted by Crippen LogP contribution is 2.16. The minimum Gasteiger partial charge on any atom is -0.368 e. The van der Waals surface area contributed by atoms with Gasteiger partial charge in [0, 0.05) is 18.3 Å². The molecule has 0 unspecified atom stereocenters. The van der Waals surface area contributed by atoms with Crippen molar-refractivity contribution in [2.75, 3.05) is 17.2 Å². The zero-order valence-electron chi connectivity index (χ0n) is 12.7. The van der Waals surface area contributed by atoms with E-state index >= 15 is 0 Å². The first-order valence-electron chi connectivity index (χ1n) is 7.40. The Bertz CT molecular complexity index is 811. The Balaban J connectivity index is 1.60. The first kappa shape index (κ1) is 15.8. The lowest BCUT2D eigenvalue weighted by Gasteiger charge is -2.08. The van der Waals surface area contributed by atoms with Crippen LogP contribution in [0, 0.1) is 11.6 Å². The van der Waals surface area contributed by atoms with Gasteiger partial charge in [-0.15, -0.1) is 5.10 Å². The smallest absolute Gasteiger partial charge is 0.249 e. The molecule has 2 aromatic carbocycles. The Morgan fingerprint density at radius 3 is 2.58 bits per heavy atom. The molecule has 24 heavy (non-hydrogen) atoms. The van der Waals surface area contributed by atoms with E-state index in [1.54, 1.807) is 0 Å². The Morgan fingerprint density at radius 1 is 0.958 bits per heavy atom. The van der Waals surface area contributed by atoms with E-state index in [1.165, 1.54) is 17.8 Å². The normalized spacial score (nSPS) is 10.4. The molecule has 0 atom stereocenters. The van der Waals surface area contributed by atoms with Crippen molar-refractivity contribution in [1.82, 2.24) is 15.2 Å². The summed E-state index contributed by atoms with van der Waals surface area (Å²) in [6.07, 6.45) is 2.35. The van der Waals surface area contributed by atoms with Crippen LogP contribution in [0.25, 0.3) is 0 Å². The minimum atomic E-state index is -0.940. The minimum absolute atomic E-state index is 0.200. The Morgan fingerprint density at radius 2 is 1.79 bits per heavy atom. The first-order chi connectivity index (χ1) is 11.7. The van der Waals surface area contributed by atoms with Crippen molar-refractivity contribution in [2.45, 2.75) is 6.42 Å². The van der Waals surface area contributed by atoms with Crippen molar-refractivity contribution in [3.05, 3.63) is 71.9 Å². The summed E-state index contributed by atoms with van der Waals surface area (Å²) < 4.78 is 26.1. The van der Waals surface area contributed by atoms with Crippen LogP contribution in [-0.2, 0) is 6.42 Å². The van der Waals surface area contributed by atoms with Gasteiger partial charge in [0.05, 0.1) is 6.20 Å². The molecule has 7 heteroatoms. The summed E-state index contributed by atoms with van der Waals surface area (Å²) in [5, 5.41) is 13.6. The average molecular weight is 327 g/mol. The Labute approximate surface area is 137 Å². The lowest BCUT2D eigenvalue weighted by atomic mass is 10.1. The van der Waals surface area contributed by atoms with Crippen LogP contribution in [-0.4, -0.2) is 21.7 Å². The number of nitrogens with zero attached hydrogens (tertiary/aromatic N) is 3. The van der Waals surface area contributed by atoms with Crippen LogP contribution in [0.2, 0.25) is 0 Å². The third kappa shape index (κ3) is 4.22. The van der Waals surface area contributed by atoms with Gasteiger partial charge in [-0.1, -0.05) is 30.3 Å². The predicted octanol–water partition coefficient (Wildman–Crippen LogP) is 3.55. The number of anilines is 3. The molecule has 3 rings (SSSR count).